The molecular formula is C11H13BrClNO2S. The number of rotatable bonds is 2. The van der Waals surface area contributed by atoms with Gasteiger partial charge in [-0.05, 0) is 25.0 Å². The number of hydrogen-bond donors (Lipinski definition) is 0. The van der Waals surface area contributed by atoms with E-state index in [1.165, 1.54) is 4.31 Å². The first-order chi connectivity index (χ1) is 8.01. The van der Waals surface area contributed by atoms with Gasteiger partial charge in [0.2, 0.25) is 10.0 Å². The second-order valence-electron chi connectivity index (χ2n) is 4.03. The molecule has 6 heteroatoms. The Kier molecular flexibility index (Phi) is 4.13. The van der Waals surface area contributed by atoms with Crippen molar-refractivity contribution in [2.45, 2.75) is 22.6 Å². The van der Waals surface area contributed by atoms with Gasteiger partial charge in [-0.2, -0.15) is 4.31 Å². The molecule has 0 N–H and O–H groups in total. The highest BCUT2D eigenvalue weighted by molar-refractivity contribution is 9.09. The largest absolute Gasteiger partial charge is 0.244 e. The predicted octanol–water partition coefficient (Wildman–Crippen LogP) is 2.89. The average Bonchev–Trinajstić information content (AvgIpc) is 2.29. The van der Waals surface area contributed by atoms with E-state index in [0.29, 0.717) is 13.1 Å². The van der Waals surface area contributed by atoms with E-state index in [4.69, 9.17) is 11.6 Å². The number of halogens is 2. The molecule has 3 nitrogen and oxygen atoms in total. The van der Waals surface area contributed by atoms with E-state index < -0.39 is 10.0 Å². The topological polar surface area (TPSA) is 37.4 Å². The maximum Gasteiger partial charge on any atom is 0.244 e. The van der Waals surface area contributed by atoms with Crippen molar-refractivity contribution >= 4 is 37.6 Å². The Balaban J connectivity index is 2.33. The number of piperidine rings is 1. The Morgan fingerprint density at radius 1 is 1.35 bits per heavy atom. The molecule has 1 atom stereocenters. The fourth-order valence-electron chi connectivity index (χ4n) is 1.90. The van der Waals surface area contributed by atoms with Crippen molar-refractivity contribution in [1.29, 1.82) is 0 Å². The summed E-state index contributed by atoms with van der Waals surface area (Å²) in [7, 11) is -3.45. The van der Waals surface area contributed by atoms with Crippen LogP contribution in [0.4, 0.5) is 0 Å². The fraction of sp³-hybridized carbons (Fsp3) is 0.455. The molecule has 0 radical (unpaired) electrons. The highest BCUT2D eigenvalue weighted by Crippen LogP contribution is 2.27. The monoisotopic (exact) mass is 337 g/mol. The maximum absolute atomic E-state index is 12.4. The molecule has 1 aliphatic rings. The summed E-state index contributed by atoms with van der Waals surface area (Å²) < 4.78 is 26.2. The summed E-state index contributed by atoms with van der Waals surface area (Å²) in [5.41, 5.74) is 0. The lowest BCUT2D eigenvalue weighted by atomic mass is 10.2. The van der Waals surface area contributed by atoms with Gasteiger partial charge in [0.25, 0.3) is 0 Å². The Morgan fingerprint density at radius 2 is 2.06 bits per heavy atom. The molecule has 0 aromatic heterocycles. The van der Waals surface area contributed by atoms with E-state index in [0.717, 1.165) is 12.8 Å². The van der Waals surface area contributed by atoms with Gasteiger partial charge >= 0.3 is 0 Å². The molecule has 0 aliphatic carbocycles. The van der Waals surface area contributed by atoms with Gasteiger partial charge in [-0.15, -0.1) is 0 Å². The molecule has 0 saturated carbocycles. The first-order valence-corrected chi connectivity index (χ1v) is 8.14. The number of alkyl halides is 1. The van der Waals surface area contributed by atoms with Crippen LogP contribution in [-0.4, -0.2) is 30.6 Å². The second-order valence-corrected chi connectivity index (χ2v) is 7.64. The highest BCUT2D eigenvalue weighted by atomic mass is 79.9. The van der Waals surface area contributed by atoms with Crippen LogP contribution in [-0.2, 0) is 10.0 Å². The van der Waals surface area contributed by atoms with E-state index in [1.807, 2.05) is 0 Å². The Morgan fingerprint density at radius 3 is 2.71 bits per heavy atom. The zero-order valence-corrected chi connectivity index (χ0v) is 12.3. The molecule has 17 heavy (non-hydrogen) atoms. The quantitative estimate of drug-likeness (QED) is 0.778. The van der Waals surface area contributed by atoms with Crippen LogP contribution in [0.25, 0.3) is 0 Å². The molecular weight excluding hydrogens is 326 g/mol. The van der Waals surface area contributed by atoms with Crippen molar-refractivity contribution in [3.63, 3.8) is 0 Å². The minimum absolute atomic E-state index is 0.197. The van der Waals surface area contributed by atoms with Crippen molar-refractivity contribution in [2.75, 3.05) is 13.1 Å². The summed E-state index contributed by atoms with van der Waals surface area (Å²) in [5.74, 6) is 0. The Bertz CT molecular complexity index is 506. The Hall–Kier alpha value is -0.100. The van der Waals surface area contributed by atoms with E-state index in [-0.39, 0.29) is 14.7 Å². The standard InChI is InChI=1S/C11H13BrClNO2S/c12-9-4-3-7-14(8-9)17(15,16)11-6-2-1-5-10(11)13/h1-2,5-6,9H,3-4,7-8H2. The second kappa shape index (κ2) is 5.26. The molecule has 1 heterocycles. The van der Waals surface area contributed by atoms with Crippen molar-refractivity contribution in [3.8, 4) is 0 Å². The van der Waals surface area contributed by atoms with Crippen molar-refractivity contribution in [2.24, 2.45) is 0 Å². The summed E-state index contributed by atoms with van der Waals surface area (Å²) >= 11 is 9.42. The molecule has 0 amide bonds. The van der Waals surface area contributed by atoms with Crippen molar-refractivity contribution in [1.82, 2.24) is 4.31 Å². The van der Waals surface area contributed by atoms with Gasteiger partial charge in [-0.3, -0.25) is 0 Å². The fourth-order valence-corrected chi connectivity index (χ4v) is 4.79. The maximum atomic E-state index is 12.4. The number of hydrogen-bond acceptors (Lipinski definition) is 2. The highest BCUT2D eigenvalue weighted by Gasteiger charge is 2.30. The molecule has 1 fully saturated rings. The molecule has 1 aromatic rings. The minimum Gasteiger partial charge on any atom is -0.207 e. The summed E-state index contributed by atoms with van der Waals surface area (Å²) in [5, 5.41) is 0.282. The van der Waals surface area contributed by atoms with Gasteiger partial charge in [0, 0.05) is 17.9 Å². The summed E-state index contributed by atoms with van der Waals surface area (Å²) in [4.78, 5) is 0.428. The Labute approximate surface area is 115 Å². The summed E-state index contributed by atoms with van der Waals surface area (Å²) in [6.45, 7) is 1.07. The first-order valence-electron chi connectivity index (χ1n) is 5.40. The molecule has 1 aromatic carbocycles. The predicted molar refractivity (Wildman–Crippen MR) is 72.2 cm³/mol. The third kappa shape index (κ3) is 2.84. The van der Waals surface area contributed by atoms with Crippen LogP contribution >= 0.6 is 27.5 Å². The molecule has 94 valence electrons. The van der Waals surface area contributed by atoms with Crippen LogP contribution in [0.3, 0.4) is 0 Å². The minimum atomic E-state index is -3.45. The van der Waals surface area contributed by atoms with Gasteiger partial charge in [0.1, 0.15) is 4.90 Å². The van der Waals surface area contributed by atoms with Crippen LogP contribution < -0.4 is 0 Å². The zero-order valence-electron chi connectivity index (χ0n) is 9.14. The zero-order chi connectivity index (χ0) is 12.5. The van der Waals surface area contributed by atoms with Crippen LogP contribution in [0.15, 0.2) is 29.2 Å². The number of nitrogens with zero attached hydrogens (tertiary/aromatic N) is 1. The summed E-state index contributed by atoms with van der Waals surface area (Å²) in [6, 6.07) is 6.57. The van der Waals surface area contributed by atoms with E-state index in [2.05, 4.69) is 15.9 Å². The normalized spacial score (nSPS) is 22.6. The third-order valence-electron chi connectivity index (χ3n) is 2.78. The molecule has 1 unspecified atom stereocenters. The smallest absolute Gasteiger partial charge is 0.207 e. The SMILES string of the molecule is O=S(=O)(c1ccccc1Cl)N1CCCC(Br)C1. The molecule has 0 spiro atoms. The van der Waals surface area contributed by atoms with Crippen molar-refractivity contribution < 1.29 is 8.42 Å². The lowest BCUT2D eigenvalue weighted by molar-refractivity contribution is 0.356. The van der Waals surface area contributed by atoms with Crippen LogP contribution in [0.2, 0.25) is 5.02 Å². The molecule has 0 bridgehead atoms. The number of benzene rings is 1. The van der Waals surface area contributed by atoms with Crippen LogP contribution in [0.1, 0.15) is 12.8 Å². The summed E-state index contributed by atoms with van der Waals surface area (Å²) in [6.07, 6.45) is 1.88. The van der Waals surface area contributed by atoms with Gasteiger partial charge < -0.3 is 0 Å². The molecule has 1 saturated heterocycles. The van der Waals surface area contributed by atoms with E-state index in [1.54, 1.807) is 24.3 Å². The first kappa shape index (κ1) is 13.3. The van der Waals surface area contributed by atoms with Gasteiger partial charge in [0.05, 0.1) is 5.02 Å². The van der Waals surface area contributed by atoms with Crippen LogP contribution in [0.5, 0.6) is 0 Å². The van der Waals surface area contributed by atoms with Gasteiger partial charge in [-0.25, -0.2) is 8.42 Å². The molecule has 2 rings (SSSR count). The molecule has 1 aliphatic heterocycles. The number of sulfonamides is 1. The van der Waals surface area contributed by atoms with Crippen molar-refractivity contribution in [3.05, 3.63) is 29.3 Å². The van der Waals surface area contributed by atoms with E-state index in [9.17, 15) is 8.42 Å². The lowest BCUT2D eigenvalue weighted by Crippen LogP contribution is -2.40. The average molecular weight is 339 g/mol. The lowest BCUT2D eigenvalue weighted by Gasteiger charge is -2.29. The van der Waals surface area contributed by atoms with E-state index >= 15 is 0 Å². The van der Waals surface area contributed by atoms with Crippen LogP contribution in [0, 0.1) is 0 Å². The third-order valence-corrected chi connectivity index (χ3v) is 5.89. The van der Waals surface area contributed by atoms with Gasteiger partial charge in [-0.1, -0.05) is 39.7 Å². The van der Waals surface area contributed by atoms with Gasteiger partial charge in [0.15, 0.2) is 0 Å².